The van der Waals surface area contributed by atoms with E-state index in [4.69, 9.17) is 0 Å². The lowest BCUT2D eigenvalue weighted by atomic mass is 9.87. The number of nitrogens with one attached hydrogen (secondary N) is 2. The molecule has 0 aliphatic heterocycles. The molecule has 1 atom stereocenters. The Morgan fingerprint density at radius 1 is 1.45 bits per heavy atom. The molecule has 20 heavy (non-hydrogen) atoms. The fourth-order valence-corrected chi connectivity index (χ4v) is 2.99. The number of nitrogens with zero attached hydrogens (tertiary/aromatic N) is 1. The predicted octanol–water partition coefficient (Wildman–Crippen LogP) is 2.09. The van der Waals surface area contributed by atoms with Crippen molar-refractivity contribution in [2.45, 2.75) is 17.1 Å². The standard InChI is InChI=1S/C14H17N3O2S/c1-15-14(12(18)19,11-5-3-2-4-6-11)7-10-20-13-16-8-9-17-13/h2-6,8-9,15H,7,10H2,1H3,(H,16,17)(H,18,19). The second kappa shape index (κ2) is 6.58. The molecule has 1 aromatic carbocycles. The van der Waals surface area contributed by atoms with Crippen molar-refractivity contribution in [3.63, 3.8) is 0 Å². The van der Waals surface area contributed by atoms with E-state index in [1.165, 1.54) is 11.8 Å². The van der Waals surface area contributed by atoms with Crippen molar-refractivity contribution in [2.24, 2.45) is 0 Å². The molecule has 0 saturated heterocycles. The van der Waals surface area contributed by atoms with Crippen LogP contribution in [0.15, 0.2) is 47.9 Å². The molecule has 0 aliphatic rings. The Kier molecular flexibility index (Phi) is 4.81. The summed E-state index contributed by atoms with van der Waals surface area (Å²) in [6.07, 6.45) is 3.90. The summed E-state index contributed by atoms with van der Waals surface area (Å²) in [4.78, 5) is 18.9. The van der Waals surface area contributed by atoms with E-state index in [9.17, 15) is 9.90 Å². The summed E-state index contributed by atoms with van der Waals surface area (Å²) in [7, 11) is 1.68. The average Bonchev–Trinajstić information content (AvgIpc) is 2.97. The molecule has 1 heterocycles. The van der Waals surface area contributed by atoms with E-state index in [1.807, 2.05) is 30.3 Å². The van der Waals surface area contributed by atoms with E-state index in [0.29, 0.717) is 12.2 Å². The van der Waals surface area contributed by atoms with Gasteiger partial charge in [-0.15, -0.1) is 0 Å². The summed E-state index contributed by atoms with van der Waals surface area (Å²) >= 11 is 1.51. The van der Waals surface area contributed by atoms with Crippen LogP contribution in [0.5, 0.6) is 0 Å². The molecule has 1 unspecified atom stereocenters. The first-order chi connectivity index (χ1) is 9.69. The second-order valence-corrected chi connectivity index (χ2v) is 5.40. The first-order valence-electron chi connectivity index (χ1n) is 6.29. The summed E-state index contributed by atoms with van der Waals surface area (Å²) < 4.78 is 0. The van der Waals surface area contributed by atoms with E-state index < -0.39 is 11.5 Å². The van der Waals surface area contributed by atoms with Crippen LogP contribution in [0.3, 0.4) is 0 Å². The minimum atomic E-state index is -1.07. The van der Waals surface area contributed by atoms with Crippen LogP contribution in [0.1, 0.15) is 12.0 Å². The Bertz CT molecular complexity index is 545. The highest BCUT2D eigenvalue weighted by atomic mass is 32.2. The molecule has 3 N–H and O–H groups in total. The van der Waals surface area contributed by atoms with Gasteiger partial charge in [0.1, 0.15) is 5.54 Å². The fraction of sp³-hybridized carbons (Fsp3) is 0.286. The molecule has 0 saturated carbocycles. The maximum Gasteiger partial charge on any atom is 0.328 e. The molecule has 0 aliphatic carbocycles. The zero-order valence-electron chi connectivity index (χ0n) is 11.2. The van der Waals surface area contributed by atoms with Gasteiger partial charge in [-0.1, -0.05) is 42.1 Å². The third-order valence-electron chi connectivity index (χ3n) is 3.25. The van der Waals surface area contributed by atoms with Crippen molar-refractivity contribution in [3.8, 4) is 0 Å². The van der Waals surface area contributed by atoms with Crippen LogP contribution >= 0.6 is 11.8 Å². The van der Waals surface area contributed by atoms with E-state index in [1.54, 1.807) is 19.4 Å². The smallest absolute Gasteiger partial charge is 0.328 e. The van der Waals surface area contributed by atoms with E-state index in [0.717, 1.165) is 10.7 Å². The van der Waals surface area contributed by atoms with Crippen LogP contribution in [0.4, 0.5) is 0 Å². The molecule has 0 fully saturated rings. The van der Waals surface area contributed by atoms with Gasteiger partial charge in [-0.25, -0.2) is 9.78 Å². The molecule has 2 rings (SSSR count). The lowest BCUT2D eigenvalue weighted by Crippen LogP contribution is -2.47. The number of likely N-dealkylation sites (N-methyl/N-ethyl adjacent to an activating group) is 1. The second-order valence-electron chi connectivity index (χ2n) is 4.32. The third-order valence-corrected chi connectivity index (χ3v) is 4.15. The van der Waals surface area contributed by atoms with Crippen molar-refractivity contribution in [1.29, 1.82) is 0 Å². The Labute approximate surface area is 121 Å². The van der Waals surface area contributed by atoms with Crippen molar-refractivity contribution in [2.75, 3.05) is 12.8 Å². The van der Waals surface area contributed by atoms with Crippen LogP contribution in [-0.4, -0.2) is 33.8 Å². The van der Waals surface area contributed by atoms with Crippen LogP contribution in [0.25, 0.3) is 0 Å². The Hall–Kier alpha value is -1.79. The number of carbonyl (C=O) groups is 1. The van der Waals surface area contributed by atoms with Crippen LogP contribution < -0.4 is 5.32 Å². The summed E-state index contributed by atoms with van der Waals surface area (Å²) in [5.74, 6) is -0.221. The first kappa shape index (κ1) is 14.6. The normalized spacial score (nSPS) is 13.8. The fourth-order valence-electron chi connectivity index (χ4n) is 2.10. The van der Waals surface area contributed by atoms with Gasteiger partial charge in [-0.3, -0.25) is 0 Å². The van der Waals surface area contributed by atoms with Crippen molar-refractivity contribution in [1.82, 2.24) is 15.3 Å². The maximum atomic E-state index is 11.8. The minimum absolute atomic E-state index is 0.466. The molecular weight excluding hydrogens is 274 g/mol. The molecule has 0 spiro atoms. The highest BCUT2D eigenvalue weighted by Crippen LogP contribution is 2.28. The van der Waals surface area contributed by atoms with E-state index in [-0.39, 0.29) is 0 Å². The zero-order chi connectivity index (χ0) is 14.4. The number of imidazole rings is 1. The molecule has 6 heteroatoms. The van der Waals surface area contributed by atoms with Crippen LogP contribution in [0, 0.1) is 0 Å². The molecule has 1 aromatic heterocycles. The van der Waals surface area contributed by atoms with Crippen LogP contribution in [0.2, 0.25) is 0 Å². The quantitative estimate of drug-likeness (QED) is 0.681. The number of aromatic amines is 1. The SMILES string of the molecule is CNC(CCSc1ncc[nH]1)(C(=O)O)c1ccccc1. The van der Waals surface area contributed by atoms with Gasteiger partial charge in [0.05, 0.1) is 0 Å². The summed E-state index contributed by atoms with van der Waals surface area (Å²) in [6, 6.07) is 9.25. The summed E-state index contributed by atoms with van der Waals surface area (Å²) in [6.45, 7) is 0. The van der Waals surface area contributed by atoms with Gasteiger partial charge in [-0.2, -0.15) is 0 Å². The number of thioether (sulfide) groups is 1. The highest BCUT2D eigenvalue weighted by Gasteiger charge is 2.38. The molecule has 0 amide bonds. The van der Waals surface area contributed by atoms with Gasteiger partial charge in [-0.05, 0) is 19.0 Å². The van der Waals surface area contributed by atoms with Crippen molar-refractivity contribution in [3.05, 3.63) is 48.3 Å². The molecule has 0 radical (unpaired) electrons. The summed E-state index contributed by atoms with van der Waals surface area (Å²) in [5, 5.41) is 13.4. The lowest BCUT2D eigenvalue weighted by Gasteiger charge is -2.29. The van der Waals surface area contributed by atoms with Gasteiger partial charge in [0.15, 0.2) is 5.16 Å². The number of hydrogen-bond donors (Lipinski definition) is 3. The van der Waals surface area contributed by atoms with Crippen molar-refractivity contribution < 1.29 is 9.90 Å². The molecular formula is C14H17N3O2S. The van der Waals surface area contributed by atoms with Gasteiger partial charge < -0.3 is 15.4 Å². The lowest BCUT2D eigenvalue weighted by molar-refractivity contribution is -0.145. The number of benzene rings is 1. The maximum absolute atomic E-state index is 11.8. The predicted molar refractivity (Wildman–Crippen MR) is 78.7 cm³/mol. The van der Waals surface area contributed by atoms with Gasteiger partial charge in [0.2, 0.25) is 0 Å². The number of H-pyrrole nitrogens is 1. The zero-order valence-corrected chi connectivity index (χ0v) is 12.0. The van der Waals surface area contributed by atoms with E-state index in [2.05, 4.69) is 15.3 Å². The Balaban J connectivity index is 2.13. The van der Waals surface area contributed by atoms with Gasteiger partial charge >= 0.3 is 5.97 Å². The largest absolute Gasteiger partial charge is 0.480 e. The first-order valence-corrected chi connectivity index (χ1v) is 7.27. The molecule has 5 nitrogen and oxygen atoms in total. The number of aliphatic carboxylic acids is 1. The van der Waals surface area contributed by atoms with Gasteiger partial charge in [0, 0.05) is 18.1 Å². The molecule has 106 valence electrons. The number of carboxylic acid groups (broad SMARTS) is 1. The number of hydrogen-bond acceptors (Lipinski definition) is 4. The van der Waals surface area contributed by atoms with E-state index >= 15 is 0 Å². The monoisotopic (exact) mass is 291 g/mol. The molecule has 0 bridgehead atoms. The number of carboxylic acids is 1. The van der Waals surface area contributed by atoms with Crippen LogP contribution in [-0.2, 0) is 10.3 Å². The number of aromatic nitrogens is 2. The molecule has 2 aromatic rings. The third kappa shape index (κ3) is 3.02. The topological polar surface area (TPSA) is 78.0 Å². The Morgan fingerprint density at radius 3 is 2.75 bits per heavy atom. The summed E-state index contributed by atoms with van der Waals surface area (Å²) in [5.41, 5.74) is -0.309. The minimum Gasteiger partial charge on any atom is -0.480 e. The van der Waals surface area contributed by atoms with Crippen molar-refractivity contribution >= 4 is 17.7 Å². The average molecular weight is 291 g/mol. The van der Waals surface area contributed by atoms with Gasteiger partial charge in [0.25, 0.3) is 0 Å². The Morgan fingerprint density at radius 2 is 2.20 bits per heavy atom. The number of rotatable bonds is 7. The highest BCUT2D eigenvalue weighted by molar-refractivity contribution is 7.99.